The summed E-state index contributed by atoms with van der Waals surface area (Å²) in [4.78, 5) is 22.7. The van der Waals surface area contributed by atoms with E-state index in [9.17, 15) is 14.9 Å². The normalized spacial score (nSPS) is 10.3. The van der Waals surface area contributed by atoms with Gasteiger partial charge in [-0.25, -0.2) is 4.57 Å². The Hall–Kier alpha value is -3.54. The zero-order valence-electron chi connectivity index (χ0n) is 14.2. The predicted molar refractivity (Wildman–Crippen MR) is 95.3 cm³/mol. The van der Waals surface area contributed by atoms with Gasteiger partial charge in [0.05, 0.1) is 12.0 Å². The highest BCUT2D eigenvalue weighted by Crippen LogP contribution is 2.15. The van der Waals surface area contributed by atoms with Gasteiger partial charge >= 0.3 is 0 Å². The third kappa shape index (κ3) is 3.92. The summed E-state index contributed by atoms with van der Waals surface area (Å²) in [5.74, 6) is 0.638. The van der Waals surface area contributed by atoms with Crippen molar-refractivity contribution in [3.8, 4) is 5.75 Å². The summed E-state index contributed by atoms with van der Waals surface area (Å²) in [5.41, 5.74) is 2.03. The van der Waals surface area contributed by atoms with Crippen LogP contribution in [0, 0.1) is 10.1 Å². The first-order chi connectivity index (χ1) is 12.6. The van der Waals surface area contributed by atoms with Gasteiger partial charge in [-0.2, -0.15) is 0 Å². The lowest BCUT2D eigenvalue weighted by molar-refractivity contribution is -0.688. The van der Waals surface area contributed by atoms with Gasteiger partial charge in [-0.05, 0) is 36.4 Å². The van der Waals surface area contributed by atoms with Gasteiger partial charge in [0.2, 0.25) is 0 Å². The number of aromatic nitrogens is 1. The first-order valence-corrected chi connectivity index (χ1v) is 7.98. The molecule has 0 atom stereocenters. The summed E-state index contributed by atoms with van der Waals surface area (Å²) >= 11 is 0. The summed E-state index contributed by atoms with van der Waals surface area (Å²) < 4.78 is 7.11. The molecule has 0 bridgehead atoms. The summed E-state index contributed by atoms with van der Waals surface area (Å²) in [6.45, 7) is 0.677. The van der Waals surface area contributed by atoms with Crippen LogP contribution in [0.1, 0.15) is 21.5 Å². The van der Waals surface area contributed by atoms with Crippen molar-refractivity contribution in [3.05, 3.63) is 99.9 Å². The second-order valence-corrected chi connectivity index (χ2v) is 5.74. The van der Waals surface area contributed by atoms with Crippen LogP contribution in [-0.4, -0.2) is 17.8 Å². The second kappa shape index (κ2) is 7.57. The zero-order chi connectivity index (χ0) is 18.5. The maximum absolute atomic E-state index is 12.5. The van der Waals surface area contributed by atoms with E-state index >= 15 is 0 Å². The molecule has 0 aliphatic rings. The molecule has 0 N–H and O–H groups in total. The van der Waals surface area contributed by atoms with Crippen molar-refractivity contribution < 1.29 is 19.0 Å². The van der Waals surface area contributed by atoms with Crippen LogP contribution in [0.2, 0.25) is 0 Å². The number of hydrogen-bond donors (Lipinski definition) is 0. The van der Waals surface area contributed by atoms with E-state index in [2.05, 4.69) is 0 Å². The third-order valence-electron chi connectivity index (χ3n) is 4.02. The van der Waals surface area contributed by atoms with Gasteiger partial charge in [0.1, 0.15) is 5.75 Å². The fourth-order valence-corrected chi connectivity index (χ4v) is 2.56. The van der Waals surface area contributed by atoms with Crippen molar-refractivity contribution in [1.82, 2.24) is 0 Å². The number of ketones is 1. The number of rotatable bonds is 6. The molecule has 130 valence electrons. The van der Waals surface area contributed by atoms with Gasteiger partial charge in [0.15, 0.2) is 24.7 Å². The number of hydrogen-bond acceptors (Lipinski definition) is 4. The van der Waals surface area contributed by atoms with E-state index in [1.54, 1.807) is 19.2 Å². The molecular formula is C20H17N2O4+. The number of ether oxygens (including phenoxy) is 1. The van der Waals surface area contributed by atoms with E-state index in [1.165, 1.54) is 24.3 Å². The predicted octanol–water partition coefficient (Wildman–Crippen LogP) is 3.17. The van der Waals surface area contributed by atoms with Crippen LogP contribution in [0.4, 0.5) is 5.69 Å². The number of non-ortho nitro benzene ring substituents is 1. The van der Waals surface area contributed by atoms with Crippen molar-refractivity contribution in [3.63, 3.8) is 0 Å². The van der Waals surface area contributed by atoms with E-state index in [0.29, 0.717) is 17.7 Å². The number of benzene rings is 2. The molecule has 0 spiro atoms. The SMILES string of the molecule is COc1ccc(C[n+]2ccc(C(=O)c3ccc([N+](=O)[O-])cc3)cc2)cc1. The summed E-state index contributed by atoms with van der Waals surface area (Å²) in [5, 5.41) is 10.7. The maximum atomic E-state index is 12.5. The number of carbonyl (C=O) groups is 1. The van der Waals surface area contributed by atoms with Gasteiger partial charge < -0.3 is 4.74 Å². The Morgan fingerprint density at radius 2 is 1.54 bits per heavy atom. The highest BCUT2D eigenvalue weighted by molar-refractivity contribution is 6.08. The molecule has 0 fully saturated rings. The number of pyridine rings is 1. The van der Waals surface area contributed by atoms with E-state index in [4.69, 9.17) is 4.74 Å². The zero-order valence-corrected chi connectivity index (χ0v) is 14.2. The summed E-state index contributed by atoms with van der Waals surface area (Å²) in [7, 11) is 1.63. The quantitative estimate of drug-likeness (QED) is 0.296. The summed E-state index contributed by atoms with van der Waals surface area (Å²) in [6, 6.07) is 16.9. The minimum atomic E-state index is -0.487. The van der Waals surface area contributed by atoms with Crippen LogP contribution in [-0.2, 0) is 6.54 Å². The molecule has 1 aromatic heterocycles. The molecular weight excluding hydrogens is 332 g/mol. The highest BCUT2D eigenvalue weighted by atomic mass is 16.6. The monoisotopic (exact) mass is 349 g/mol. The summed E-state index contributed by atoms with van der Waals surface area (Å²) in [6.07, 6.45) is 3.67. The molecule has 6 nitrogen and oxygen atoms in total. The number of nitrogens with zero attached hydrogens (tertiary/aromatic N) is 2. The van der Waals surface area contributed by atoms with E-state index in [0.717, 1.165) is 11.3 Å². The first-order valence-electron chi connectivity index (χ1n) is 7.98. The van der Waals surface area contributed by atoms with Gasteiger partial charge in [-0.1, -0.05) is 0 Å². The Morgan fingerprint density at radius 3 is 2.08 bits per heavy atom. The topological polar surface area (TPSA) is 73.3 Å². The molecule has 26 heavy (non-hydrogen) atoms. The van der Waals surface area contributed by atoms with Crippen molar-refractivity contribution in [2.45, 2.75) is 6.54 Å². The Morgan fingerprint density at radius 1 is 0.962 bits per heavy atom. The van der Waals surface area contributed by atoms with Gasteiger partial charge in [-0.3, -0.25) is 14.9 Å². The number of methoxy groups -OCH3 is 1. The molecule has 2 aromatic carbocycles. The lowest BCUT2D eigenvalue weighted by Crippen LogP contribution is -2.33. The van der Waals surface area contributed by atoms with Gasteiger partial charge in [-0.15, -0.1) is 0 Å². The minimum absolute atomic E-state index is 0.0352. The molecule has 0 aliphatic carbocycles. The largest absolute Gasteiger partial charge is 0.497 e. The average Bonchev–Trinajstić information content (AvgIpc) is 2.69. The van der Waals surface area contributed by atoms with Crippen molar-refractivity contribution in [1.29, 1.82) is 0 Å². The van der Waals surface area contributed by atoms with Gasteiger partial charge in [0.25, 0.3) is 5.69 Å². The second-order valence-electron chi connectivity index (χ2n) is 5.74. The molecule has 0 radical (unpaired) electrons. The molecule has 3 rings (SSSR count). The molecule has 0 saturated heterocycles. The highest BCUT2D eigenvalue weighted by Gasteiger charge is 2.13. The molecule has 0 amide bonds. The van der Waals surface area contributed by atoms with Gasteiger partial charge in [0, 0.05) is 41.0 Å². The van der Waals surface area contributed by atoms with E-state index in [-0.39, 0.29) is 11.5 Å². The van der Waals surface area contributed by atoms with Crippen molar-refractivity contribution >= 4 is 11.5 Å². The molecule has 3 aromatic rings. The molecule has 0 unspecified atom stereocenters. The maximum Gasteiger partial charge on any atom is 0.269 e. The van der Waals surface area contributed by atoms with E-state index < -0.39 is 4.92 Å². The van der Waals surface area contributed by atoms with Crippen LogP contribution in [0.5, 0.6) is 5.75 Å². The van der Waals surface area contributed by atoms with E-state index in [1.807, 2.05) is 41.2 Å². The third-order valence-corrected chi connectivity index (χ3v) is 4.02. The number of carbonyl (C=O) groups excluding carboxylic acids is 1. The van der Waals surface area contributed by atoms with Crippen molar-refractivity contribution in [2.75, 3.05) is 7.11 Å². The van der Waals surface area contributed by atoms with Crippen LogP contribution in [0.25, 0.3) is 0 Å². The van der Waals surface area contributed by atoms with Crippen LogP contribution in [0.15, 0.2) is 73.1 Å². The average molecular weight is 349 g/mol. The fourth-order valence-electron chi connectivity index (χ4n) is 2.56. The Bertz CT molecular complexity index is 918. The lowest BCUT2D eigenvalue weighted by Gasteiger charge is -2.03. The Kier molecular flexibility index (Phi) is 5.03. The van der Waals surface area contributed by atoms with Crippen LogP contribution >= 0.6 is 0 Å². The number of nitro groups is 1. The lowest BCUT2D eigenvalue weighted by atomic mass is 10.0. The Balaban J connectivity index is 1.71. The number of nitro benzene ring substituents is 1. The standard InChI is InChI=1S/C20H17N2O4/c1-26-19-8-2-15(3-9-19)14-21-12-10-17(11-13-21)20(23)16-4-6-18(7-5-16)22(24)25/h2-13H,14H2,1H3/q+1. The molecule has 1 heterocycles. The first kappa shape index (κ1) is 17.3. The molecule has 0 aliphatic heterocycles. The fraction of sp³-hybridized carbons (Fsp3) is 0.100. The van der Waals surface area contributed by atoms with Crippen LogP contribution in [0.3, 0.4) is 0 Å². The molecule has 6 heteroatoms. The minimum Gasteiger partial charge on any atom is -0.497 e. The van der Waals surface area contributed by atoms with Crippen LogP contribution < -0.4 is 9.30 Å². The smallest absolute Gasteiger partial charge is 0.269 e. The Labute approximate surface area is 150 Å². The van der Waals surface area contributed by atoms with Crippen molar-refractivity contribution in [2.24, 2.45) is 0 Å². The molecule has 0 saturated carbocycles.